The van der Waals surface area contributed by atoms with Gasteiger partial charge in [-0.2, -0.15) is 4.80 Å². The van der Waals surface area contributed by atoms with Gasteiger partial charge in [0.2, 0.25) is 0 Å². The summed E-state index contributed by atoms with van der Waals surface area (Å²) in [6, 6.07) is 10.2. The van der Waals surface area contributed by atoms with E-state index in [0.29, 0.717) is 27.4 Å². The van der Waals surface area contributed by atoms with Crippen LogP contribution in [0.4, 0.5) is 0 Å². The Morgan fingerprint density at radius 1 is 1.15 bits per heavy atom. The van der Waals surface area contributed by atoms with Crippen LogP contribution in [0.15, 0.2) is 53.7 Å². The molecule has 0 aliphatic carbocycles. The molecule has 1 aromatic carbocycles. The smallest absolute Gasteiger partial charge is 0.263 e. The Kier molecular flexibility index (Phi) is 4.61. The van der Waals surface area contributed by atoms with Gasteiger partial charge in [0.05, 0.1) is 18.5 Å². The van der Waals surface area contributed by atoms with E-state index < -0.39 is 6.10 Å². The third kappa shape index (κ3) is 3.69. The standard InChI is InChI=1S/C17H14ClN7O2/c18-12-5-3-11(4-6-12)14(26)8-25-22-15(21-23-25)9-24-10-20-16-13(17(24)27)2-1-7-19-16/h1-7,10,14,26H,8-9H2. The first-order valence-electron chi connectivity index (χ1n) is 8.10. The first-order chi connectivity index (χ1) is 13.1. The summed E-state index contributed by atoms with van der Waals surface area (Å²) in [7, 11) is 0. The molecule has 3 heterocycles. The lowest BCUT2D eigenvalue weighted by molar-refractivity contribution is 0.144. The molecule has 136 valence electrons. The van der Waals surface area contributed by atoms with E-state index in [2.05, 4.69) is 25.4 Å². The fourth-order valence-electron chi connectivity index (χ4n) is 2.63. The molecule has 0 saturated carbocycles. The van der Waals surface area contributed by atoms with Gasteiger partial charge in [0.25, 0.3) is 5.56 Å². The zero-order valence-corrected chi connectivity index (χ0v) is 14.7. The summed E-state index contributed by atoms with van der Waals surface area (Å²) < 4.78 is 1.39. The van der Waals surface area contributed by atoms with Gasteiger partial charge in [-0.1, -0.05) is 23.7 Å². The molecule has 4 aromatic rings. The quantitative estimate of drug-likeness (QED) is 0.551. The minimum atomic E-state index is -0.805. The molecule has 1 atom stereocenters. The first-order valence-corrected chi connectivity index (χ1v) is 8.48. The van der Waals surface area contributed by atoms with Gasteiger partial charge in [0, 0.05) is 11.2 Å². The number of hydrogen-bond acceptors (Lipinski definition) is 7. The molecule has 0 fully saturated rings. The lowest BCUT2D eigenvalue weighted by Crippen LogP contribution is -2.22. The molecular weight excluding hydrogens is 370 g/mol. The fourth-order valence-corrected chi connectivity index (χ4v) is 2.75. The molecule has 0 radical (unpaired) electrons. The summed E-state index contributed by atoms with van der Waals surface area (Å²) in [6.07, 6.45) is 2.18. The lowest BCUT2D eigenvalue weighted by atomic mass is 10.1. The summed E-state index contributed by atoms with van der Waals surface area (Å²) in [6.45, 7) is 0.247. The van der Waals surface area contributed by atoms with Gasteiger partial charge in [-0.15, -0.1) is 10.2 Å². The molecule has 0 aliphatic rings. The number of halogens is 1. The van der Waals surface area contributed by atoms with E-state index in [9.17, 15) is 9.90 Å². The van der Waals surface area contributed by atoms with Gasteiger partial charge in [-0.05, 0) is 35.0 Å². The minimum absolute atomic E-state index is 0.119. The SMILES string of the molecule is O=c1c2cccnc2ncn1Cc1nnn(CC(O)c2ccc(Cl)cc2)n1. The van der Waals surface area contributed by atoms with Crippen molar-refractivity contribution in [3.05, 3.63) is 75.7 Å². The second-order valence-corrected chi connectivity index (χ2v) is 6.32. The molecule has 0 amide bonds. The van der Waals surface area contributed by atoms with Crippen molar-refractivity contribution >= 4 is 22.6 Å². The normalized spacial score (nSPS) is 12.4. The van der Waals surface area contributed by atoms with E-state index in [1.807, 2.05) is 0 Å². The molecule has 4 rings (SSSR count). The van der Waals surface area contributed by atoms with Crippen molar-refractivity contribution in [3.63, 3.8) is 0 Å². The third-order valence-corrected chi connectivity index (χ3v) is 4.25. The summed E-state index contributed by atoms with van der Waals surface area (Å²) in [5.74, 6) is 0.338. The monoisotopic (exact) mass is 383 g/mol. The van der Waals surface area contributed by atoms with Crippen LogP contribution in [0, 0.1) is 0 Å². The van der Waals surface area contributed by atoms with E-state index in [-0.39, 0.29) is 18.6 Å². The van der Waals surface area contributed by atoms with Crippen LogP contribution in [0.5, 0.6) is 0 Å². The van der Waals surface area contributed by atoms with Gasteiger partial charge in [0.1, 0.15) is 12.4 Å². The van der Waals surface area contributed by atoms with E-state index in [1.165, 1.54) is 15.7 Å². The fraction of sp³-hybridized carbons (Fsp3) is 0.176. The zero-order chi connectivity index (χ0) is 18.8. The number of fused-ring (bicyclic) bond motifs is 1. The van der Waals surface area contributed by atoms with Crippen molar-refractivity contribution in [2.75, 3.05) is 0 Å². The van der Waals surface area contributed by atoms with Crippen LogP contribution in [0.3, 0.4) is 0 Å². The molecule has 9 nitrogen and oxygen atoms in total. The number of benzene rings is 1. The van der Waals surface area contributed by atoms with Gasteiger partial charge in [-0.25, -0.2) is 9.97 Å². The molecule has 0 spiro atoms. The number of hydrogen-bond donors (Lipinski definition) is 1. The number of rotatable bonds is 5. The molecule has 3 aromatic heterocycles. The van der Waals surface area contributed by atoms with Gasteiger partial charge >= 0.3 is 0 Å². The third-order valence-electron chi connectivity index (χ3n) is 3.99. The van der Waals surface area contributed by atoms with E-state index >= 15 is 0 Å². The topological polar surface area (TPSA) is 112 Å². The largest absolute Gasteiger partial charge is 0.386 e. The second-order valence-electron chi connectivity index (χ2n) is 5.88. The Bertz CT molecular complexity index is 1140. The zero-order valence-electron chi connectivity index (χ0n) is 14.0. The van der Waals surface area contributed by atoms with Crippen LogP contribution in [-0.2, 0) is 13.1 Å². The highest BCUT2D eigenvalue weighted by atomic mass is 35.5. The first kappa shape index (κ1) is 17.3. The molecule has 1 unspecified atom stereocenters. The molecule has 0 bridgehead atoms. The van der Waals surface area contributed by atoms with Crippen molar-refractivity contribution in [1.29, 1.82) is 0 Å². The molecular formula is C17H14ClN7O2. The average Bonchev–Trinajstić information content (AvgIpc) is 3.11. The van der Waals surface area contributed by atoms with Crippen LogP contribution < -0.4 is 5.56 Å². The predicted octanol–water partition coefficient (Wildman–Crippen LogP) is 1.21. The van der Waals surface area contributed by atoms with E-state index in [0.717, 1.165) is 0 Å². The highest BCUT2D eigenvalue weighted by molar-refractivity contribution is 6.30. The summed E-state index contributed by atoms with van der Waals surface area (Å²) in [4.78, 5) is 22.0. The second kappa shape index (κ2) is 7.22. The molecule has 0 saturated heterocycles. The van der Waals surface area contributed by atoms with Gasteiger partial charge in [0.15, 0.2) is 11.5 Å². The summed E-state index contributed by atoms with van der Waals surface area (Å²) in [5, 5.41) is 23.4. The molecule has 0 aliphatic heterocycles. The van der Waals surface area contributed by atoms with Crippen LogP contribution in [-0.4, -0.2) is 39.8 Å². The Labute approximate surface area is 157 Å². The predicted molar refractivity (Wildman–Crippen MR) is 97.1 cm³/mol. The van der Waals surface area contributed by atoms with Crippen LogP contribution in [0.1, 0.15) is 17.5 Å². The maximum Gasteiger partial charge on any atom is 0.263 e. The Morgan fingerprint density at radius 2 is 1.96 bits per heavy atom. The van der Waals surface area contributed by atoms with E-state index in [1.54, 1.807) is 42.6 Å². The molecule has 1 N–H and O–H groups in total. The Hall–Kier alpha value is -3.17. The highest BCUT2D eigenvalue weighted by Crippen LogP contribution is 2.17. The maximum absolute atomic E-state index is 12.5. The maximum atomic E-state index is 12.5. The minimum Gasteiger partial charge on any atom is -0.386 e. The summed E-state index contributed by atoms with van der Waals surface area (Å²) >= 11 is 5.85. The van der Waals surface area contributed by atoms with Crippen molar-refractivity contribution in [1.82, 2.24) is 34.7 Å². The lowest BCUT2D eigenvalue weighted by Gasteiger charge is -2.09. The van der Waals surface area contributed by atoms with Gasteiger partial charge in [-0.3, -0.25) is 9.36 Å². The number of aliphatic hydroxyl groups excluding tert-OH is 1. The Morgan fingerprint density at radius 3 is 2.78 bits per heavy atom. The molecule has 27 heavy (non-hydrogen) atoms. The Balaban J connectivity index is 1.50. The van der Waals surface area contributed by atoms with E-state index in [4.69, 9.17) is 11.6 Å². The molecule has 10 heteroatoms. The van der Waals surface area contributed by atoms with Crippen molar-refractivity contribution in [2.45, 2.75) is 19.2 Å². The summed E-state index contributed by atoms with van der Waals surface area (Å²) in [5.41, 5.74) is 0.854. The van der Waals surface area contributed by atoms with Crippen LogP contribution in [0.25, 0.3) is 11.0 Å². The van der Waals surface area contributed by atoms with Crippen molar-refractivity contribution in [2.24, 2.45) is 0 Å². The number of aromatic nitrogens is 7. The number of pyridine rings is 1. The van der Waals surface area contributed by atoms with Gasteiger partial charge < -0.3 is 5.11 Å². The average molecular weight is 384 g/mol. The van der Waals surface area contributed by atoms with Crippen LogP contribution in [0.2, 0.25) is 5.02 Å². The van der Waals surface area contributed by atoms with Crippen LogP contribution >= 0.6 is 11.6 Å². The number of aliphatic hydroxyl groups is 1. The number of tetrazole rings is 1. The van der Waals surface area contributed by atoms with Crippen molar-refractivity contribution in [3.8, 4) is 0 Å². The van der Waals surface area contributed by atoms with Crippen molar-refractivity contribution < 1.29 is 5.11 Å². The highest BCUT2D eigenvalue weighted by Gasteiger charge is 2.13. The number of nitrogens with zero attached hydrogens (tertiary/aromatic N) is 7.